The molecular weight excluding hydrogens is 264 g/mol. The number of benzene rings is 1. The van der Waals surface area contributed by atoms with Crippen LogP contribution in [0.5, 0.6) is 0 Å². The van der Waals surface area contributed by atoms with Crippen LogP contribution in [-0.2, 0) is 4.79 Å². The second kappa shape index (κ2) is 7.61. The molecule has 1 amide bonds. The number of unbranched alkanes of at least 4 members (excludes halogenated alkanes) is 1. The van der Waals surface area contributed by atoms with Crippen LogP contribution in [0.3, 0.4) is 0 Å². The summed E-state index contributed by atoms with van der Waals surface area (Å²) >= 11 is 0. The highest BCUT2D eigenvalue weighted by Crippen LogP contribution is 2.27. The van der Waals surface area contributed by atoms with Gasteiger partial charge in [-0.25, -0.2) is 0 Å². The van der Waals surface area contributed by atoms with Crippen LogP contribution in [-0.4, -0.2) is 35.1 Å². The minimum absolute atomic E-state index is 0.0119. The van der Waals surface area contributed by atoms with Crippen molar-refractivity contribution in [3.8, 4) is 6.07 Å². The van der Waals surface area contributed by atoms with Gasteiger partial charge in [0.2, 0.25) is 5.91 Å². The molecule has 1 aromatic rings. The van der Waals surface area contributed by atoms with E-state index in [0.29, 0.717) is 18.2 Å². The van der Waals surface area contributed by atoms with Gasteiger partial charge in [-0.05, 0) is 49.5 Å². The van der Waals surface area contributed by atoms with Gasteiger partial charge in [-0.2, -0.15) is 5.26 Å². The lowest BCUT2D eigenvalue weighted by Crippen LogP contribution is -2.32. The van der Waals surface area contributed by atoms with E-state index in [1.54, 1.807) is 24.3 Å². The SMILES string of the molecule is N#Cc1cccc(/C=C/C(=O)N(CCCCO)C2CC2)c1. The second-order valence-electron chi connectivity index (χ2n) is 5.26. The molecular formula is C17H20N2O2. The molecule has 1 aliphatic rings. The molecule has 110 valence electrons. The van der Waals surface area contributed by atoms with Crippen molar-refractivity contribution in [3.05, 3.63) is 41.5 Å². The maximum Gasteiger partial charge on any atom is 0.246 e. The third-order valence-electron chi connectivity index (χ3n) is 3.51. The molecule has 0 aliphatic heterocycles. The Morgan fingerprint density at radius 3 is 2.90 bits per heavy atom. The van der Waals surface area contributed by atoms with Crippen molar-refractivity contribution in [2.24, 2.45) is 0 Å². The predicted octanol–water partition coefficient (Wildman–Crippen LogP) is 2.33. The highest BCUT2D eigenvalue weighted by atomic mass is 16.3. The standard InChI is InChI=1S/C17H20N2O2/c18-13-15-5-3-4-14(12-15)6-9-17(21)19(16-7-8-16)10-1-2-11-20/h3-6,9,12,16,20H,1-2,7-8,10-11H2/b9-6+. The summed E-state index contributed by atoms with van der Waals surface area (Å²) in [5, 5.41) is 17.7. The quantitative estimate of drug-likeness (QED) is 0.617. The first-order valence-corrected chi connectivity index (χ1v) is 7.34. The number of rotatable bonds is 7. The molecule has 0 bridgehead atoms. The van der Waals surface area contributed by atoms with Crippen molar-refractivity contribution in [1.82, 2.24) is 4.90 Å². The van der Waals surface area contributed by atoms with Gasteiger partial charge < -0.3 is 10.0 Å². The van der Waals surface area contributed by atoms with E-state index in [0.717, 1.165) is 31.2 Å². The molecule has 2 rings (SSSR count). The number of hydrogen-bond acceptors (Lipinski definition) is 3. The monoisotopic (exact) mass is 284 g/mol. The molecule has 0 spiro atoms. The maximum absolute atomic E-state index is 12.3. The number of nitrogens with zero attached hydrogens (tertiary/aromatic N) is 2. The third kappa shape index (κ3) is 4.73. The molecule has 1 aliphatic carbocycles. The molecule has 21 heavy (non-hydrogen) atoms. The normalized spacial score (nSPS) is 14.1. The molecule has 0 heterocycles. The van der Waals surface area contributed by atoms with E-state index >= 15 is 0 Å². The number of carbonyl (C=O) groups excluding carboxylic acids is 1. The molecule has 0 unspecified atom stereocenters. The van der Waals surface area contributed by atoms with Gasteiger partial charge >= 0.3 is 0 Å². The van der Waals surface area contributed by atoms with E-state index in [2.05, 4.69) is 6.07 Å². The third-order valence-corrected chi connectivity index (χ3v) is 3.51. The van der Waals surface area contributed by atoms with Gasteiger partial charge in [0.05, 0.1) is 11.6 Å². The zero-order chi connectivity index (χ0) is 15.1. The van der Waals surface area contributed by atoms with Crippen molar-refractivity contribution in [2.45, 2.75) is 31.7 Å². The van der Waals surface area contributed by atoms with Gasteiger partial charge in [-0.15, -0.1) is 0 Å². The smallest absolute Gasteiger partial charge is 0.246 e. The Bertz CT molecular complexity index is 556. The van der Waals surface area contributed by atoms with E-state index in [1.807, 2.05) is 17.0 Å². The molecule has 4 heteroatoms. The fourth-order valence-corrected chi connectivity index (χ4v) is 2.23. The average Bonchev–Trinajstić information content (AvgIpc) is 3.34. The number of carbonyl (C=O) groups is 1. The van der Waals surface area contributed by atoms with Crippen LogP contribution < -0.4 is 0 Å². The number of amides is 1. The summed E-state index contributed by atoms with van der Waals surface area (Å²) in [6.45, 7) is 0.871. The Kier molecular flexibility index (Phi) is 5.53. The fraction of sp³-hybridized carbons (Fsp3) is 0.412. The highest BCUT2D eigenvalue weighted by molar-refractivity contribution is 5.92. The second-order valence-corrected chi connectivity index (χ2v) is 5.26. The zero-order valence-electron chi connectivity index (χ0n) is 12.0. The van der Waals surface area contributed by atoms with Crippen molar-refractivity contribution in [2.75, 3.05) is 13.2 Å². The Hall–Kier alpha value is -2.12. The van der Waals surface area contributed by atoms with Gasteiger partial charge in [0.15, 0.2) is 0 Å². The molecule has 0 aromatic heterocycles. The first-order valence-electron chi connectivity index (χ1n) is 7.34. The first kappa shape index (κ1) is 15.3. The molecule has 0 radical (unpaired) electrons. The van der Waals surface area contributed by atoms with Crippen LogP contribution in [0.15, 0.2) is 30.3 Å². The summed E-state index contributed by atoms with van der Waals surface area (Å²) < 4.78 is 0. The lowest BCUT2D eigenvalue weighted by molar-refractivity contribution is -0.126. The number of aliphatic hydroxyl groups excluding tert-OH is 1. The van der Waals surface area contributed by atoms with E-state index in [-0.39, 0.29) is 12.5 Å². The first-order chi connectivity index (χ1) is 10.2. The van der Waals surface area contributed by atoms with Gasteiger partial charge in [0.25, 0.3) is 0 Å². The van der Waals surface area contributed by atoms with E-state index < -0.39 is 0 Å². The molecule has 1 fully saturated rings. The predicted molar refractivity (Wildman–Crippen MR) is 81.2 cm³/mol. The topological polar surface area (TPSA) is 64.3 Å². The molecule has 1 saturated carbocycles. The Morgan fingerprint density at radius 1 is 1.43 bits per heavy atom. The maximum atomic E-state index is 12.3. The van der Waals surface area contributed by atoms with Crippen molar-refractivity contribution in [1.29, 1.82) is 5.26 Å². The van der Waals surface area contributed by atoms with Crippen molar-refractivity contribution in [3.63, 3.8) is 0 Å². The van der Waals surface area contributed by atoms with Gasteiger partial charge in [-0.3, -0.25) is 4.79 Å². The van der Waals surface area contributed by atoms with E-state index in [1.165, 1.54) is 0 Å². The van der Waals surface area contributed by atoms with Gasteiger partial charge in [-0.1, -0.05) is 12.1 Å². The van der Waals surface area contributed by atoms with Crippen LogP contribution in [0.1, 0.15) is 36.8 Å². The van der Waals surface area contributed by atoms with Crippen LogP contribution in [0.2, 0.25) is 0 Å². The molecule has 1 N–H and O–H groups in total. The van der Waals surface area contributed by atoms with Crippen LogP contribution in [0.25, 0.3) is 6.08 Å². The summed E-state index contributed by atoms with van der Waals surface area (Å²) in [4.78, 5) is 14.1. The molecule has 0 atom stereocenters. The van der Waals surface area contributed by atoms with Gasteiger partial charge in [0, 0.05) is 25.3 Å². The minimum atomic E-state index is 0.0119. The van der Waals surface area contributed by atoms with Crippen LogP contribution in [0.4, 0.5) is 0 Å². The zero-order valence-corrected chi connectivity index (χ0v) is 12.0. The lowest BCUT2D eigenvalue weighted by atomic mass is 10.1. The summed E-state index contributed by atoms with van der Waals surface area (Å²) in [5.41, 5.74) is 1.44. The Morgan fingerprint density at radius 2 is 2.24 bits per heavy atom. The highest BCUT2D eigenvalue weighted by Gasteiger charge is 2.30. The van der Waals surface area contributed by atoms with Crippen molar-refractivity contribution < 1.29 is 9.90 Å². The van der Waals surface area contributed by atoms with Crippen LogP contribution >= 0.6 is 0 Å². The summed E-state index contributed by atoms with van der Waals surface area (Å²) in [5.74, 6) is 0.0119. The number of hydrogen-bond donors (Lipinski definition) is 1. The number of nitriles is 1. The Labute approximate surface area is 125 Å². The fourth-order valence-electron chi connectivity index (χ4n) is 2.23. The molecule has 0 saturated heterocycles. The lowest BCUT2D eigenvalue weighted by Gasteiger charge is -2.20. The minimum Gasteiger partial charge on any atom is -0.396 e. The molecule has 4 nitrogen and oxygen atoms in total. The van der Waals surface area contributed by atoms with Gasteiger partial charge in [0.1, 0.15) is 0 Å². The summed E-state index contributed by atoms with van der Waals surface area (Å²) in [7, 11) is 0. The van der Waals surface area contributed by atoms with E-state index in [9.17, 15) is 4.79 Å². The average molecular weight is 284 g/mol. The number of aliphatic hydroxyl groups is 1. The summed E-state index contributed by atoms with van der Waals surface area (Å²) in [6, 6.07) is 9.64. The summed E-state index contributed by atoms with van der Waals surface area (Å²) in [6.07, 6.45) is 7.03. The van der Waals surface area contributed by atoms with E-state index in [4.69, 9.17) is 10.4 Å². The molecule has 1 aromatic carbocycles. The van der Waals surface area contributed by atoms with Crippen LogP contribution in [0, 0.1) is 11.3 Å². The largest absolute Gasteiger partial charge is 0.396 e. The van der Waals surface area contributed by atoms with Crippen molar-refractivity contribution >= 4 is 12.0 Å². The Balaban J connectivity index is 1.97.